The van der Waals surface area contributed by atoms with E-state index in [9.17, 15) is 4.79 Å². The maximum atomic E-state index is 11.4. The number of thiophene rings is 1. The van der Waals surface area contributed by atoms with Crippen LogP contribution in [0.2, 0.25) is 0 Å². The molecule has 0 aromatic carbocycles. The van der Waals surface area contributed by atoms with Crippen LogP contribution in [-0.4, -0.2) is 13.0 Å². The number of aryl methyl sites for hydroxylation is 1. The molecule has 0 saturated carbocycles. The number of hydrogen-bond donors (Lipinski definition) is 2. The summed E-state index contributed by atoms with van der Waals surface area (Å²) in [5.74, 6) is -0.0845. The molecule has 0 saturated heterocycles. The number of nitrogen functional groups attached to an aromatic ring is 1. The molecular formula is C9H14N2OS. The first kappa shape index (κ1) is 10.1. The lowest BCUT2D eigenvalue weighted by atomic mass is 10.1. The highest BCUT2D eigenvalue weighted by Gasteiger charge is 2.17. The van der Waals surface area contributed by atoms with E-state index in [-0.39, 0.29) is 5.91 Å². The standard InChI is InChI=1S/C9H14N2OS/c1-4-6-5(2)13-8(10)7(6)9(12)11-3/h4,10H2,1-3H3,(H,11,12). The topological polar surface area (TPSA) is 55.1 Å². The molecule has 1 heterocycles. The van der Waals surface area contributed by atoms with Gasteiger partial charge in [-0.2, -0.15) is 0 Å². The molecule has 3 N–H and O–H groups in total. The summed E-state index contributed by atoms with van der Waals surface area (Å²) in [7, 11) is 1.62. The SMILES string of the molecule is CCc1c(C)sc(N)c1C(=O)NC. The van der Waals surface area contributed by atoms with Crippen molar-refractivity contribution >= 4 is 22.2 Å². The molecule has 13 heavy (non-hydrogen) atoms. The molecular weight excluding hydrogens is 184 g/mol. The maximum absolute atomic E-state index is 11.4. The Morgan fingerprint density at radius 1 is 1.62 bits per heavy atom. The van der Waals surface area contributed by atoms with Crippen LogP contribution in [0.1, 0.15) is 27.7 Å². The summed E-state index contributed by atoms with van der Waals surface area (Å²) in [6.45, 7) is 4.02. The number of rotatable bonds is 2. The second-order valence-electron chi connectivity index (χ2n) is 2.81. The highest BCUT2D eigenvalue weighted by Crippen LogP contribution is 2.30. The normalized spacial score (nSPS) is 10.1. The van der Waals surface area contributed by atoms with E-state index < -0.39 is 0 Å². The lowest BCUT2D eigenvalue weighted by Crippen LogP contribution is -2.19. The Bertz CT molecular complexity index is 331. The van der Waals surface area contributed by atoms with Crippen LogP contribution < -0.4 is 11.1 Å². The zero-order chi connectivity index (χ0) is 10.0. The Kier molecular flexibility index (Phi) is 2.93. The second kappa shape index (κ2) is 3.79. The van der Waals surface area contributed by atoms with Crippen molar-refractivity contribution in [2.24, 2.45) is 0 Å². The monoisotopic (exact) mass is 198 g/mol. The third-order valence-corrected chi connectivity index (χ3v) is 3.02. The second-order valence-corrected chi connectivity index (χ2v) is 4.07. The number of carbonyl (C=O) groups excluding carboxylic acids is 1. The number of anilines is 1. The summed E-state index contributed by atoms with van der Waals surface area (Å²) >= 11 is 1.48. The molecule has 1 rings (SSSR count). The summed E-state index contributed by atoms with van der Waals surface area (Å²) in [4.78, 5) is 12.6. The maximum Gasteiger partial charge on any atom is 0.254 e. The minimum atomic E-state index is -0.0845. The molecule has 1 amide bonds. The minimum Gasteiger partial charge on any atom is -0.390 e. The van der Waals surface area contributed by atoms with E-state index in [4.69, 9.17) is 5.73 Å². The van der Waals surface area contributed by atoms with E-state index in [1.165, 1.54) is 11.3 Å². The summed E-state index contributed by atoms with van der Waals surface area (Å²) in [5.41, 5.74) is 7.48. The first-order valence-corrected chi connectivity index (χ1v) is 5.03. The van der Waals surface area contributed by atoms with E-state index in [0.717, 1.165) is 16.9 Å². The molecule has 72 valence electrons. The molecule has 1 aromatic rings. The van der Waals surface area contributed by atoms with Crippen molar-refractivity contribution in [2.75, 3.05) is 12.8 Å². The lowest BCUT2D eigenvalue weighted by Gasteiger charge is -2.01. The van der Waals surface area contributed by atoms with Crippen molar-refractivity contribution in [3.63, 3.8) is 0 Å². The molecule has 0 atom stereocenters. The van der Waals surface area contributed by atoms with Crippen molar-refractivity contribution in [1.82, 2.24) is 5.32 Å². The minimum absolute atomic E-state index is 0.0845. The molecule has 1 aromatic heterocycles. The van der Waals surface area contributed by atoms with Gasteiger partial charge in [0.25, 0.3) is 5.91 Å². The van der Waals surface area contributed by atoms with Gasteiger partial charge in [0.1, 0.15) is 0 Å². The van der Waals surface area contributed by atoms with Crippen LogP contribution in [0.4, 0.5) is 5.00 Å². The summed E-state index contributed by atoms with van der Waals surface area (Å²) < 4.78 is 0. The average Bonchev–Trinajstić information content (AvgIpc) is 2.39. The zero-order valence-electron chi connectivity index (χ0n) is 8.10. The molecule has 3 nitrogen and oxygen atoms in total. The summed E-state index contributed by atoms with van der Waals surface area (Å²) in [5, 5.41) is 3.22. The highest BCUT2D eigenvalue weighted by molar-refractivity contribution is 7.16. The summed E-state index contributed by atoms with van der Waals surface area (Å²) in [6.07, 6.45) is 0.849. The molecule has 0 unspecified atom stereocenters. The van der Waals surface area contributed by atoms with E-state index in [0.29, 0.717) is 10.6 Å². The Morgan fingerprint density at radius 2 is 2.23 bits per heavy atom. The molecule has 0 aliphatic rings. The first-order chi connectivity index (χ1) is 6.11. The van der Waals surface area contributed by atoms with Crippen molar-refractivity contribution in [1.29, 1.82) is 0 Å². The van der Waals surface area contributed by atoms with Gasteiger partial charge in [-0.1, -0.05) is 6.92 Å². The molecule has 0 spiro atoms. The van der Waals surface area contributed by atoms with Crippen molar-refractivity contribution < 1.29 is 4.79 Å². The van der Waals surface area contributed by atoms with Crippen LogP contribution in [0.15, 0.2) is 0 Å². The molecule has 4 heteroatoms. The van der Waals surface area contributed by atoms with E-state index in [1.54, 1.807) is 7.05 Å². The van der Waals surface area contributed by atoms with Crippen LogP contribution >= 0.6 is 11.3 Å². The van der Waals surface area contributed by atoms with Crippen LogP contribution in [0.25, 0.3) is 0 Å². The van der Waals surface area contributed by atoms with Gasteiger partial charge in [-0.15, -0.1) is 11.3 Å². The van der Waals surface area contributed by atoms with Gasteiger partial charge in [0.15, 0.2) is 0 Å². The quantitative estimate of drug-likeness (QED) is 0.757. The largest absolute Gasteiger partial charge is 0.390 e. The van der Waals surface area contributed by atoms with Gasteiger partial charge in [-0.05, 0) is 18.9 Å². The van der Waals surface area contributed by atoms with Gasteiger partial charge in [0, 0.05) is 11.9 Å². The predicted octanol–water partition coefficient (Wildman–Crippen LogP) is 1.56. The van der Waals surface area contributed by atoms with Crippen molar-refractivity contribution in [3.8, 4) is 0 Å². The first-order valence-electron chi connectivity index (χ1n) is 4.21. The number of amides is 1. The predicted molar refractivity (Wildman–Crippen MR) is 56.2 cm³/mol. The fraction of sp³-hybridized carbons (Fsp3) is 0.444. The third kappa shape index (κ3) is 1.67. The highest BCUT2D eigenvalue weighted by atomic mass is 32.1. The van der Waals surface area contributed by atoms with Crippen molar-refractivity contribution in [3.05, 3.63) is 16.0 Å². The summed E-state index contributed by atoms with van der Waals surface area (Å²) in [6, 6.07) is 0. The Labute approximate surface area is 81.9 Å². The van der Waals surface area contributed by atoms with E-state index >= 15 is 0 Å². The van der Waals surface area contributed by atoms with E-state index in [2.05, 4.69) is 5.32 Å². The van der Waals surface area contributed by atoms with Gasteiger partial charge < -0.3 is 11.1 Å². The fourth-order valence-electron chi connectivity index (χ4n) is 1.40. The molecule has 0 bridgehead atoms. The van der Waals surface area contributed by atoms with Crippen LogP contribution in [0.5, 0.6) is 0 Å². The molecule has 0 aliphatic carbocycles. The number of nitrogens with one attached hydrogen (secondary N) is 1. The Balaban J connectivity index is 3.24. The molecule has 0 aliphatic heterocycles. The van der Waals surface area contributed by atoms with Gasteiger partial charge >= 0.3 is 0 Å². The fourth-order valence-corrected chi connectivity index (χ4v) is 2.42. The number of carbonyl (C=O) groups is 1. The van der Waals surface area contributed by atoms with Crippen LogP contribution in [0, 0.1) is 6.92 Å². The van der Waals surface area contributed by atoms with E-state index in [1.807, 2.05) is 13.8 Å². The zero-order valence-corrected chi connectivity index (χ0v) is 8.92. The van der Waals surface area contributed by atoms with Gasteiger partial charge in [-0.25, -0.2) is 0 Å². The van der Waals surface area contributed by atoms with Crippen molar-refractivity contribution in [2.45, 2.75) is 20.3 Å². The van der Waals surface area contributed by atoms with Gasteiger partial charge in [0.2, 0.25) is 0 Å². The lowest BCUT2D eigenvalue weighted by molar-refractivity contribution is 0.0963. The van der Waals surface area contributed by atoms with Gasteiger partial charge in [0.05, 0.1) is 10.6 Å². The van der Waals surface area contributed by atoms with Crippen LogP contribution in [0.3, 0.4) is 0 Å². The van der Waals surface area contributed by atoms with Gasteiger partial charge in [-0.3, -0.25) is 4.79 Å². The number of nitrogens with two attached hydrogens (primary N) is 1. The smallest absolute Gasteiger partial charge is 0.254 e. The molecule has 0 radical (unpaired) electrons. The Hall–Kier alpha value is -1.03. The molecule has 0 fully saturated rings. The number of hydrogen-bond acceptors (Lipinski definition) is 3. The average molecular weight is 198 g/mol. The third-order valence-electron chi connectivity index (χ3n) is 2.04. The van der Waals surface area contributed by atoms with Crippen LogP contribution in [-0.2, 0) is 6.42 Å². The Morgan fingerprint density at radius 3 is 2.69 bits per heavy atom.